The summed E-state index contributed by atoms with van der Waals surface area (Å²) in [6, 6.07) is 5.06. The van der Waals surface area contributed by atoms with Crippen LogP contribution in [-0.2, 0) is 0 Å². The van der Waals surface area contributed by atoms with E-state index in [9.17, 15) is 4.79 Å². The van der Waals surface area contributed by atoms with Gasteiger partial charge in [0.15, 0.2) is 21.5 Å². The third-order valence-corrected chi connectivity index (χ3v) is 2.59. The van der Waals surface area contributed by atoms with Gasteiger partial charge in [-0.05, 0) is 18.2 Å². The summed E-state index contributed by atoms with van der Waals surface area (Å²) in [6.07, 6.45) is 0. The molecule has 0 aliphatic rings. The number of halogens is 2. The molecule has 15 heavy (non-hydrogen) atoms. The van der Waals surface area contributed by atoms with E-state index in [1.54, 1.807) is 25.1 Å². The average molecular weight is 289 g/mol. The molecule has 0 aliphatic heterocycles. The molecule has 1 heterocycles. The molecule has 0 radical (unpaired) electrons. The molecule has 0 aliphatic carbocycles. The number of aromatic nitrogens is 1. The Morgan fingerprint density at radius 2 is 2.33 bits per heavy atom. The molecule has 1 unspecified atom stereocenters. The standard InChI is InChI=1S/C10H7BrClNO2/c1-5-13-7-4-6(9(14)10(11)12)2-3-8(7)15-5/h2-4,10H,1H3. The van der Waals surface area contributed by atoms with Crippen LogP contribution in [0.25, 0.3) is 11.1 Å². The molecule has 1 aromatic heterocycles. The number of carbonyl (C=O) groups excluding carboxylic acids is 1. The minimum absolute atomic E-state index is 0.181. The lowest BCUT2D eigenvalue weighted by Gasteiger charge is -1.99. The third kappa shape index (κ3) is 2.06. The number of rotatable bonds is 2. The molecule has 5 heteroatoms. The summed E-state index contributed by atoms with van der Waals surface area (Å²) in [7, 11) is 0. The summed E-state index contributed by atoms with van der Waals surface area (Å²) in [5.74, 6) is 0.398. The van der Waals surface area contributed by atoms with Crippen LogP contribution in [-0.4, -0.2) is 15.1 Å². The van der Waals surface area contributed by atoms with E-state index in [4.69, 9.17) is 16.0 Å². The van der Waals surface area contributed by atoms with Crippen molar-refractivity contribution in [3.8, 4) is 0 Å². The van der Waals surface area contributed by atoms with Crippen molar-refractivity contribution < 1.29 is 9.21 Å². The summed E-state index contributed by atoms with van der Waals surface area (Å²) in [5.41, 5.74) is 1.86. The molecular formula is C10H7BrClNO2. The minimum Gasteiger partial charge on any atom is -0.441 e. The smallest absolute Gasteiger partial charge is 0.192 e. The second-order valence-corrected chi connectivity index (χ2v) is 4.96. The van der Waals surface area contributed by atoms with E-state index in [0.29, 0.717) is 22.6 Å². The maximum Gasteiger partial charge on any atom is 0.192 e. The number of nitrogens with zero attached hydrogens (tertiary/aromatic N) is 1. The van der Waals surface area contributed by atoms with Crippen LogP contribution in [0.1, 0.15) is 16.2 Å². The van der Waals surface area contributed by atoms with Crippen LogP contribution >= 0.6 is 27.5 Å². The third-order valence-electron chi connectivity index (χ3n) is 1.98. The van der Waals surface area contributed by atoms with Crippen molar-refractivity contribution >= 4 is 44.4 Å². The number of aryl methyl sites for hydroxylation is 1. The highest BCUT2D eigenvalue weighted by Crippen LogP contribution is 2.20. The molecule has 3 nitrogen and oxygen atoms in total. The number of ketones is 1. The van der Waals surface area contributed by atoms with Gasteiger partial charge in [0, 0.05) is 12.5 Å². The number of carbonyl (C=O) groups is 1. The fraction of sp³-hybridized carbons (Fsp3) is 0.200. The van der Waals surface area contributed by atoms with E-state index in [-0.39, 0.29) is 5.78 Å². The van der Waals surface area contributed by atoms with Gasteiger partial charge in [0.25, 0.3) is 0 Å². The zero-order valence-electron chi connectivity index (χ0n) is 7.83. The summed E-state index contributed by atoms with van der Waals surface area (Å²) in [4.78, 5) is 15.7. The van der Waals surface area contributed by atoms with Crippen LogP contribution < -0.4 is 0 Å². The molecule has 0 spiro atoms. The van der Waals surface area contributed by atoms with Crippen molar-refractivity contribution in [1.29, 1.82) is 0 Å². The molecule has 0 N–H and O–H groups in total. The SMILES string of the molecule is Cc1nc2cc(C(=O)C(Cl)Br)ccc2o1. The Morgan fingerprint density at radius 3 is 3.00 bits per heavy atom. The van der Waals surface area contributed by atoms with E-state index in [1.165, 1.54) is 0 Å². The van der Waals surface area contributed by atoms with Crippen LogP contribution in [0.5, 0.6) is 0 Å². The number of hydrogen-bond donors (Lipinski definition) is 0. The Kier molecular flexibility index (Phi) is 2.80. The lowest BCUT2D eigenvalue weighted by atomic mass is 10.1. The number of hydrogen-bond acceptors (Lipinski definition) is 3. The molecule has 0 bridgehead atoms. The first-order valence-electron chi connectivity index (χ1n) is 4.27. The van der Waals surface area contributed by atoms with E-state index in [2.05, 4.69) is 20.9 Å². The zero-order chi connectivity index (χ0) is 11.0. The summed E-state index contributed by atoms with van der Waals surface area (Å²) < 4.78 is 4.59. The van der Waals surface area contributed by atoms with Gasteiger partial charge in [-0.15, -0.1) is 11.6 Å². The second kappa shape index (κ2) is 3.94. The van der Waals surface area contributed by atoms with Crippen molar-refractivity contribution in [2.45, 2.75) is 11.2 Å². The number of oxazole rings is 1. The van der Waals surface area contributed by atoms with Crippen LogP contribution in [0, 0.1) is 6.92 Å². The zero-order valence-corrected chi connectivity index (χ0v) is 10.2. The van der Waals surface area contributed by atoms with Crippen LogP contribution in [0.2, 0.25) is 0 Å². The van der Waals surface area contributed by atoms with Crippen molar-refractivity contribution in [1.82, 2.24) is 4.98 Å². The van der Waals surface area contributed by atoms with Crippen molar-refractivity contribution in [2.75, 3.05) is 0 Å². The number of alkyl halides is 2. The van der Waals surface area contributed by atoms with Gasteiger partial charge in [0.1, 0.15) is 5.52 Å². The fourth-order valence-corrected chi connectivity index (χ4v) is 1.71. The monoisotopic (exact) mass is 287 g/mol. The molecule has 2 rings (SSSR count). The quantitative estimate of drug-likeness (QED) is 0.629. The number of fused-ring (bicyclic) bond motifs is 1. The molecule has 78 valence electrons. The first kappa shape index (κ1) is 10.6. The van der Waals surface area contributed by atoms with Gasteiger partial charge in [-0.2, -0.15) is 0 Å². The molecule has 1 atom stereocenters. The molecule has 0 saturated heterocycles. The summed E-state index contributed by atoms with van der Waals surface area (Å²) >= 11 is 8.66. The van der Waals surface area contributed by atoms with Gasteiger partial charge in [-0.3, -0.25) is 4.79 Å². The lowest BCUT2D eigenvalue weighted by Crippen LogP contribution is -2.07. The van der Waals surface area contributed by atoms with E-state index < -0.39 is 4.29 Å². The molecule has 0 fully saturated rings. The molecular weight excluding hydrogens is 281 g/mol. The molecule has 1 aromatic carbocycles. The predicted octanol–water partition coefficient (Wildman–Crippen LogP) is 3.28. The Balaban J connectivity index is 2.51. The largest absolute Gasteiger partial charge is 0.441 e. The molecule has 2 aromatic rings. The first-order chi connectivity index (χ1) is 7.08. The second-order valence-electron chi connectivity index (χ2n) is 3.08. The average Bonchev–Trinajstić information content (AvgIpc) is 2.55. The van der Waals surface area contributed by atoms with Gasteiger partial charge < -0.3 is 4.42 Å². The molecule has 0 amide bonds. The minimum atomic E-state index is -0.706. The summed E-state index contributed by atoms with van der Waals surface area (Å²) in [5, 5.41) is 0. The first-order valence-corrected chi connectivity index (χ1v) is 5.62. The van der Waals surface area contributed by atoms with Gasteiger partial charge in [0.05, 0.1) is 0 Å². The highest BCUT2D eigenvalue weighted by Gasteiger charge is 2.15. The van der Waals surface area contributed by atoms with Gasteiger partial charge in [-0.25, -0.2) is 4.98 Å². The fourth-order valence-electron chi connectivity index (χ4n) is 1.32. The predicted molar refractivity (Wildman–Crippen MR) is 61.6 cm³/mol. The van der Waals surface area contributed by atoms with E-state index in [0.717, 1.165) is 0 Å². The van der Waals surface area contributed by atoms with E-state index >= 15 is 0 Å². The number of benzene rings is 1. The van der Waals surface area contributed by atoms with Gasteiger partial charge >= 0.3 is 0 Å². The Morgan fingerprint density at radius 1 is 1.60 bits per heavy atom. The number of Topliss-reactive ketones (excluding diaryl/α,β-unsaturated/α-hetero) is 1. The maximum absolute atomic E-state index is 11.6. The Hall–Kier alpha value is -0.870. The van der Waals surface area contributed by atoms with Gasteiger partial charge in [-0.1, -0.05) is 15.9 Å². The maximum atomic E-state index is 11.6. The van der Waals surface area contributed by atoms with Crippen LogP contribution in [0.4, 0.5) is 0 Å². The Labute approximate surface area is 99.6 Å². The van der Waals surface area contributed by atoms with Crippen molar-refractivity contribution in [2.24, 2.45) is 0 Å². The Bertz CT molecular complexity index is 521. The van der Waals surface area contributed by atoms with Crippen molar-refractivity contribution in [3.63, 3.8) is 0 Å². The topological polar surface area (TPSA) is 43.1 Å². The lowest BCUT2D eigenvalue weighted by molar-refractivity contribution is 0.101. The summed E-state index contributed by atoms with van der Waals surface area (Å²) in [6.45, 7) is 1.76. The molecule has 0 saturated carbocycles. The van der Waals surface area contributed by atoms with Crippen LogP contribution in [0.15, 0.2) is 22.6 Å². The highest BCUT2D eigenvalue weighted by atomic mass is 79.9. The van der Waals surface area contributed by atoms with Crippen LogP contribution in [0.3, 0.4) is 0 Å². The normalized spacial score (nSPS) is 13.0. The van der Waals surface area contributed by atoms with Gasteiger partial charge in [0.2, 0.25) is 0 Å². The van der Waals surface area contributed by atoms with E-state index in [1.807, 2.05) is 0 Å². The highest BCUT2D eigenvalue weighted by molar-refractivity contribution is 9.10. The van der Waals surface area contributed by atoms with Crippen molar-refractivity contribution in [3.05, 3.63) is 29.7 Å².